The van der Waals surface area contributed by atoms with Crippen LogP contribution in [0.3, 0.4) is 0 Å². The van der Waals surface area contributed by atoms with E-state index in [1.807, 2.05) is 110 Å². The molecule has 0 aliphatic carbocycles. The minimum absolute atomic E-state index is 0.0461. The lowest BCUT2D eigenvalue weighted by atomic mass is 9.91. The molecule has 2 aliphatic heterocycles. The maximum atomic E-state index is 13.2. The van der Waals surface area contributed by atoms with Crippen molar-refractivity contribution < 1.29 is 14.7 Å². The Bertz CT molecular complexity index is 2950. The lowest BCUT2D eigenvalue weighted by Gasteiger charge is -2.37. The predicted octanol–water partition coefficient (Wildman–Crippen LogP) is 9.23. The molecule has 2 aliphatic rings. The second kappa shape index (κ2) is 17.8. The van der Waals surface area contributed by atoms with Crippen molar-refractivity contribution in [2.45, 2.75) is 80.3 Å². The highest BCUT2D eigenvalue weighted by Crippen LogP contribution is 2.36. The van der Waals surface area contributed by atoms with Crippen LogP contribution in [0, 0.1) is 23.7 Å². The summed E-state index contributed by atoms with van der Waals surface area (Å²) in [4.78, 5) is 48.8. The van der Waals surface area contributed by atoms with Gasteiger partial charge in [0.15, 0.2) is 11.3 Å². The number of piperidine rings is 2. The van der Waals surface area contributed by atoms with Gasteiger partial charge in [-0.05, 0) is 105 Å². The number of para-hydroxylation sites is 4. The predicted molar refractivity (Wildman–Crippen MR) is 255 cm³/mol. The Morgan fingerprint density at radius 2 is 1.03 bits per heavy atom. The number of hydrogen-bond acceptors (Lipinski definition) is 9. The normalized spacial score (nSPS) is 19.2. The standard InChI is InChI=1S/C25H29N5O.C22H22N4O2.C3H9N/c1-15(2)27-25(31)19-12-18-21(29-13-16(3)11-17(4)14-29)9-10-26-23(18)30-22-8-6-5-7-20(22)28-24(19)30;1-13-9-14(2)12-25(11-13)18-7-8-23-20-15(18)10-16(22(27)28)21-24-17-5-3-4-6-19(17)26(20)21;1-3(2)4/h5-10,12,15-17H,11,13-14H2,1-4H3,(H,27,31);3-8,10,13-14H,9,11-12H2,1-2H3,(H,27,28);3H,4H2,1-2H3/t16-,17+;13-,14+;. The van der Waals surface area contributed by atoms with Crippen LogP contribution < -0.4 is 20.9 Å². The molecule has 4 atom stereocenters. The van der Waals surface area contributed by atoms with E-state index in [0.29, 0.717) is 46.6 Å². The third kappa shape index (κ3) is 8.71. The van der Waals surface area contributed by atoms with Gasteiger partial charge in [-0.3, -0.25) is 13.6 Å². The van der Waals surface area contributed by atoms with E-state index in [2.05, 4.69) is 58.8 Å². The molecule has 6 aromatic heterocycles. The van der Waals surface area contributed by atoms with Crippen LogP contribution >= 0.6 is 0 Å². The second-order valence-corrected chi connectivity index (χ2v) is 18.6. The monoisotopic (exact) mass is 848 g/mol. The topological polar surface area (TPSA) is 159 Å². The molecule has 0 bridgehead atoms. The number of imidazole rings is 2. The molecule has 8 heterocycles. The number of carbonyl (C=O) groups excluding carboxylic acids is 1. The zero-order valence-electron chi connectivity index (χ0n) is 37.7. The van der Waals surface area contributed by atoms with Gasteiger partial charge in [0.1, 0.15) is 16.9 Å². The molecular formula is C50H60N10O3. The molecule has 10 rings (SSSR count). The Morgan fingerprint density at radius 3 is 1.44 bits per heavy atom. The minimum Gasteiger partial charge on any atom is -0.478 e. The van der Waals surface area contributed by atoms with Gasteiger partial charge in [-0.25, -0.2) is 24.7 Å². The molecule has 13 nitrogen and oxygen atoms in total. The maximum Gasteiger partial charge on any atom is 0.339 e. The number of carboxylic acid groups (broad SMARTS) is 1. The first kappa shape index (κ1) is 43.3. The number of benzene rings is 2. The Hall–Kier alpha value is -6.34. The van der Waals surface area contributed by atoms with Crippen LogP contribution in [0.25, 0.3) is 55.4 Å². The van der Waals surface area contributed by atoms with E-state index in [4.69, 9.17) is 15.7 Å². The van der Waals surface area contributed by atoms with E-state index < -0.39 is 5.97 Å². The lowest BCUT2D eigenvalue weighted by Crippen LogP contribution is -2.38. The Morgan fingerprint density at radius 1 is 0.635 bits per heavy atom. The molecule has 2 aromatic carbocycles. The second-order valence-electron chi connectivity index (χ2n) is 18.6. The molecule has 8 aromatic rings. The van der Waals surface area contributed by atoms with E-state index in [1.54, 1.807) is 6.07 Å². The van der Waals surface area contributed by atoms with Crippen molar-refractivity contribution in [3.05, 3.63) is 96.3 Å². The summed E-state index contributed by atoms with van der Waals surface area (Å²) in [5.41, 5.74) is 14.2. The summed E-state index contributed by atoms with van der Waals surface area (Å²) < 4.78 is 3.93. The summed E-state index contributed by atoms with van der Waals surface area (Å²) in [6.07, 6.45) is 6.16. The number of nitrogens with two attached hydrogens (primary N) is 1. The van der Waals surface area contributed by atoms with Crippen LogP contribution in [-0.4, -0.2) is 84.0 Å². The Balaban J connectivity index is 0.000000160. The van der Waals surface area contributed by atoms with Crippen molar-refractivity contribution in [2.24, 2.45) is 29.4 Å². The number of anilines is 2. The van der Waals surface area contributed by atoms with Gasteiger partial charge in [-0.15, -0.1) is 0 Å². The van der Waals surface area contributed by atoms with Crippen LogP contribution in [0.2, 0.25) is 0 Å². The summed E-state index contributed by atoms with van der Waals surface area (Å²) in [5, 5.41) is 14.8. The Kier molecular flexibility index (Phi) is 12.2. The number of hydrogen-bond donors (Lipinski definition) is 3. The third-order valence-corrected chi connectivity index (χ3v) is 11.8. The average Bonchev–Trinajstić information content (AvgIpc) is 3.82. The van der Waals surface area contributed by atoms with Gasteiger partial charge in [0.2, 0.25) is 0 Å². The number of nitrogens with one attached hydrogen (secondary N) is 1. The van der Waals surface area contributed by atoms with Gasteiger partial charge in [0.25, 0.3) is 5.91 Å². The van der Waals surface area contributed by atoms with E-state index in [0.717, 1.165) is 81.7 Å². The third-order valence-electron chi connectivity index (χ3n) is 11.8. The number of rotatable bonds is 5. The number of pyridine rings is 4. The van der Waals surface area contributed by atoms with Gasteiger partial charge < -0.3 is 26.0 Å². The molecule has 0 saturated carbocycles. The molecule has 1 amide bonds. The fourth-order valence-electron chi connectivity index (χ4n) is 9.73. The van der Waals surface area contributed by atoms with Crippen LogP contribution in [0.15, 0.2) is 85.2 Å². The number of carbonyl (C=O) groups is 2. The molecule has 2 fully saturated rings. The SMILES string of the molecule is CC(C)N.CC(C)NC(=O)c1cc2c(N3C[C@H](C)C[C@H](C)C3)ccnc2n2c1nc1ccccc12.C[C@@H]1C[C@H](C)CN(c2ccnc3c2cc(C(=O)O)c2nc4ccccc4n23)C1. The molecule has 4 N–H and O–H groups in total. The number of fused-ring (bicyclic) bond motifs is 10. The first-order valence-corrected chi connectivity index (χ1v) is 22.4. The molecule has 0 radical (unpaired) electrons. The first-order valence-electron chi connectivity index (χ1n) is 22.4. The fraction of sp³-hybridized carbons (Fsp3) is 0.400. The van der Waals surface area contributed by atoms with E-state index in [9.17, 15) is 14.7 Å². The number of carboxylic acids is 1. The summed E-state index contributed by atoms with van der Waals surface area (Å²) in [6, 6.07) is 23.9. The molecule has 0 spiro atoms. The molecule has 63 heavy (non-hydrogen) atoms. The number of nitrogens with zero attached hydrogens (tertiary/aromatic N) is 8. The van der Waals surface area contributed by atoms with Gasteiger partial charge >= 0.3 is 5.97 Å². The molecule has 13 heteroatoms. The highest BCUT2D eigenvalue weighted by molar-refractivity contribution is 6.08. The highest BCUT2D eigenvalue weighted by Gasteiger charge is 2.28. The summed E-state index contributed by atoms with van der Waals surface area (Å²) in [5.74, 6) is 1.39. The van der Waals surface area contributed by atoms with Crippen LogP contribution in [-0.2, 0) is 0 Å². The zero-order chi connectivity index (χ0) is 44.7. The van der Waals surface area contributed by atoms with Crippen molar-refractivity contribution >= 4 is 78.7 Å². The van der Waals surface area contributed by atoms with E-state index in [-0.39, 0.29) is 17.5 Å². The van der Waals surface area contributed by atoms with E-state index >= 15 is 0 Å². The van der Waals surface area contributed by atoms with Gasteiger partial charge in [-0.2, -0.15) is 0 Å². The minimum atomic E-state index is -0.975. The van der Waals surface area contributed by atoms with Crippen molar-refractivity contribution in [2.75, 3.05) is 36.0 Å². The summed E-state index contributed by atoms with van der Waals surface area (Å²) in [6.45, 7) is 21.0. The quantitative estimate of drug-likeness (QED) is 0.152. The lowest BCUT2D eigenvalue weighted by molar-refractivity contribution is 0.0698. The molecule has 0 unspecified atom stereocenters. The van der Waals surface area contributed by atoms with Gasteiger partial charge in [0, 0.05) is 66.8 Å². The van der Waals surface area contributed by atoms with Crippen LogP contribution in [0.1, 0.15) is 88.9 Å². The number of amides is 1. The van der Waals surface area contributed by atoms with E-state index in [1.165, 1.54) is 12.8 Å². The molecule has 328 valence electrons. The number of aromatic carboxylic acids is 1. The van der Waals surface area contributed by atoms with Crippen molar-refractivity contribution in [1.82, 2.24) is 34.1 Å². The Labute approximate surface area is 368 Å². The van der Waals surface area contributed by atoms with Crippen molar-refractivity contribution in [1.29, 1.82) is 0 Å². The number of aromatic nitrogens is 6. The van der Waals surface area contributed by atoms with Gasteiger partial charge in [-0.1, -0.05) is 65.8 Å². The fourth-order valence-corrected chi connectivity index (χ4v) is 9.73. The van der Waals surface area contributed by atoms with Crippen LogP contribution in [0.4, 0.5) is 11.4 Å². The summed E-state index contributed by atoms with van der Waals surface area (Å²) >= 11 is 0. The average molecular weight is 849 g/mol. The molecular weight excluding hydrogens is 789 g/mol. The largest absolute Gasteiger partial charge is 0.478 e. The van der Waals surface area contributed by atoms with Crippen molar-refractivity contribution in [3.8, 4) is 0 Å². The first-order chi connectivity index (χ1) is 30.2. The van der Waals surface area contributed by atoms with Crippen LogP contribution in [0.5, 0.6) is 0 Å². The summed E-state index contributed by atoms with van der Waals surface area (Å²) in [7, 11) is 0. The smallest absolute Gasteiger partial charge is 0.339 e. The van der Waals surface area contributed by atoms with Gasteiger partial charge in [0.05, 0.1) is 27.6 Å². The highest BCUT2D eigenvalue weighted by atomic mass is 16.4. The molecule has 2 saturated heterocycles. The maximum absolute atomic E-state index is 13.2. The van der Waals surface area contributed by atoms with Crippen molar-refractivity contribution in [3.63, 3.8) is 0 Å². The zero-order valence-corrected chi connectivity index (χ0v) is 37.7.